The molecule has 0 amide bonds. The van der Waals surface area contributed by atoms with Crippen molar-refractivity contribution < 1.29 is 14.3 Å². The van der Waals surface area contributed by atoms with Gasteiger partial charge in [0.2, 0.25) is 0 Å². The molecule has 0 aliphatic carbocycles. The van der Waals surface area contributed by atoms with Gasteiger partial charge in [0.1, 0.15) is 0 Å². The molecular formula is C16H29N3O3. The smallest absolute Gasteiger partial charge is 0.309 e. The largest absolute Gasteiger partial charge is 0.466 e. The van der Waals surface area contributed by atoms with Crippen molar-refractivity contribution in [2.24, 2.45) is 16.3 Å². The van der Waals surface area contributed by atoms with Crippen molar-refractivity contribution in [3.63, 3.8) is 0 Å². The van der Waals surface area contributed by atoms with Crippen LogP contribution in [0.2, 0.25) is 0 Å². The molecule has 0 aromatic rings. The van der Waals surface area contributed by atoms with Gasteiger partial charge in [-0.3, -0.25) is 9.79 Å². The van der Waals surface area contributed by atoms with Crippen LogP contribution in [0.15, 0.2) is 4.99 Å². The number of hydrogen-bond acceptors (Lipinski definition) is 4. The predicted molar refractivity (Wildman–Crippen MR) is 85.8 cm³/mol. The fourth-order valence-corrected chi connectivity index (χ4v) is 2.82. The van der Waals surface area contributed by atoms with E-state index in [-0.39, 0.29) is 17.3 Å². The molecule has 2 saturated heterocycles. The fraction of sp³-hybridized carbons (Fsp3) is 0.875. The zero-order valence-electron chi connectivity index (χ0n) is 14.1. The van der Waals surface area contributed by atoms with Gasteiger partial charge in [0.05, 0.1) is 32.3 Å². The van der Waals surface area contributed by atoms with Gasteiger partial charge in [0.25, 0.3) is 0 Å². The zero-order valence-corrected chi connectivity index (χ0v) is 14.1. The van der Waals surface area contributed by atoms with Gasteiger partial charge in [0, 0.05) is 25.0 Å². The fourth-order valence-electron chi connectivity index (χ4n) is 2.82. The van der Waals surface area contributed by atoms with E-state index >= 15 is 0 Å². The number of hydrogen-bond donors (Lipinski definition) is 1. The molecule has 6 nitrogen and oxygen atoms in total. The molecule has 6 heteroatoms. The maximum absolute atomic E-state index is 11.8. The van der Waals surface area contributed by atoms with Crippen molar-refractivity contribution in [1.29, 1.82) is 0 Å². The van der Waals surface area contributed by atoms with Gasteiger partial charge < -0.3 is 19.7 Å². The lowest BCUT2D eigenvalue weighted by Gasteiger charge is -2.38. The van der Waals surface area contributed by atoms with E-state index in [1.807, 2.05) is 6.92 Å². The van der Waals surface area contributed by atoms with Crippen molar-refractivity contribution in [2.45, 2.75) is 33.6 Å². The molecule has 0 spiro atoms. The number of carbonyl (C=O) groups excluding carboxylic acids is 1. The topological polar surface area (TPSA) is 63.2 Å². The summed E-state index contributed by atoms with van der Waals surface area (Å²) in [4.78, 5) is 18.8. The highest BCUT2D eigenvalue weighted by atomic mass is 16.5. The Morgan fingerprint density at radius 3 is 2.55 bits per heavy atom. The highest BCUT2D eigenvalue weighted by Crippen LogP contribution is 2.27. The average molecular weight is 311 g/mol. The third-order valence-corrected chi connectivity index (χ3v) is 4.26. The summed E-state index contributed by atoms with van der Waals surface area (Å²) in [6, 6.07) is 0. The van der Waals surface area contributed by atoms with Crippen LogP contribution in [0.3, 0.4) is 0 Å². The van der Waals surface area contributed by atoms with E-state index in [4.69, 9.17) is 14.5 Å². The lowest BCUT2D eigenvalue weighted by atomic mass is 9.89. The minimum absolute atomic E-state index is 0.0385. The number of guanidine groups is 1. The summed E-state index contributed by atoms with van der Waals surface area (Å²) in [5.41, 5.74) is 0.184. The summed E-state index contributed by atoms with van der Waals surface area (Å²) in [7, 11) is 0. The van der Waals surface area contributed by atoms with E-state index in [2.05, 4.69) is 24.1 Å². The van der Waals surface area contributed by atoms with Crippen molar-refractivity contribution in [2.75, 3.05) is 46.0 Å². The maximum Gasteiger partial charge on any atom is 0.309 e. The quantitative estimate of drug-likeness (QED) is 0.470. The second-order valence-electron chi connectivity index (χ2n) is 6.49. The number of aliphatic imine (C=N–C) groups is 1. The SMILES string of the molecule is CCNC(=NCC1(C)COC1)N1CCC(C(=O)OCC)CC1. The van der Waals surface area contributed by atoms with Gasteiger partial charge in [-0.15, -0.1) is 0 Å². The molecular weight excluding hydrogens is 282 g/mol. The summed E-state index contributed by atoms with van der Waals surface area (Å²) < 4.78 is 10.4. The van der Waals surface area contributed by atoms with Gasteiger partial charge in [0.15, 0.2) is 5.96 Å². The van der Waals surface area contributed by atoms with Crippen LogP contribution in [0, 0.1) is 11.3 Å². The maximum atomic E-state index is 11.8. The number of piperidine rings is 1. The Kier molecular flexibility index (Phi) is 6.06. The molecule has 22 heavy (non-hydrogen) atoms. The predicted octanol–water partition coefficient (Wildman–Crippen LogP) is 1.26. The first-order chi connectivity index (χ1) is 10.6. The molecule has 2 fully saturated rings. The summed E-state index contributed by atoms with van der Waals surface area (Å²) in [5.74, 6) is 0.942. The van der Waals surface area contributed by atoms with E-state index in [0.717, 1.165) is 58.2 Å². The number of ether oxygens (including phenoxy) is 2. The number of likely N-dealkylation sites (tertiary alicyclic amines) is 1. The second-order valence-corrected chi connectivity index (χ2v) is 6.49. The van der Waals surface area contributed by atoms with Crippen molar-refractivity contribution >= 4 is 11.9 Å². The molecule has 0 saturated carbocycles. The third kappa shape index (κ3) is 4.35. The van der Waals surface area contributed by atoms with Gasteiger partial charge in [-0.2, -0.15) is 0 Å². The van der Waals surface area contributed by atoms with Crippen molar-refractivity contribution in [3.8, 4) is 0 Å². The molecule has 2 rings (SSSR count). The molecule has 0 atom stereocenters. The molecule has 0 unspecified atom stereocenters. The molecule has 0 radical (unpaired) electrons. The van der Waals surface area contributed by atoms with Gasteiger partial charge in [-0.25, -0.2) is 0 Å². The Labute approximate surface area is 133 Å². The monoisotopic (exact) mass is 311 g/mol. The molecule has 2 aliphatic heterocycles. The van der Waals surface area contributed by atoms with E-state index in [1.54, 1.807) is 0 Å². The van der Waals surface area contributed by atoms with Crippen molar-refractivity contribution in [3.05, 3.63) is 0 Å². The standard InChI is InChI=1S/C16H29N3O3/c1-4-17-15(18-10-16(3)11-21-12-16)19-8-6-13(7-9-19)14(20)22-5-2/h13H,4-12H2,1-3H3,(H,17,18). The van der Waals surface area contributed by atoms with Crippen LogP contribution in [0.5, 0.6) is 0 Å². The molecule has 1 N–H and O–H groups in total. The Morgan fingerprint density at radius 1 is 1.36 bits per heavy atom. The number of nitrogens with one attached hydrogen (secondary N) is 1. The van der Waals surface area contributed by atoms with E-state index in [1.165, 1.54) is 0 Å². The lowest BCUT2D eigenvalue weighted by molar-refractivity contribution is -0.149. The summed E-state index contributed by atoms with van der Waals surface area (Å²) >= 11 is 0. The Balaban J connectivity index is 1.87. The van der Waals surface area contributed by atoms with Crippen LogP contribution in [0.25, 0.3) is 0 Å². The van der Waals surface area contributed by atoms with Crippen LogP contribution in [0.4, 0.5) is 0 Å². The molecule has 2 aliphatic rings. The minimum Gasteiger partial charge on any atom is -0.466 e. The van der Waals surface area contributed by atoms with Crippen molar-refractivity contribution in [1.82, 2.24) is 10.2 Å². The van der Waals surface area contributed by atoms with E-state index < -0.39 is 0 Å². The Hall–Kier alpha value is -1.30. The third-order valence-electron chi connectivity index (χ3n) is 4.26. The molecule has 0 bridgehead atoms. The van der Waals surface area contributed by atoms with E-state index in [0.29, 0.717) is 6.61 Å². The zero-order chi connectivity index (χ0) is 16.0. The van der Waals surface area contributed by atoms with Crippen LogP contribution in [0.1, 0.15) is 33.6 Å². The Bertz CT molecular complexity index is 399. The average Bonchev–Trinajstić information content (AvgIpc) is 2.50. The molecule has 2 heterocycles. The first-order valence-electron chi connectivity index (χ1n) is 8.35. The first kappa shape index (κ1) is 17.1. The van der Waals surface area contributed by atoms with Gasteiger partial charge in [-0.05, 0) is 26.7 Å². The van der Waals surface area contributed by atoms with E-state index in [9.17, 15) is 4.79 Å². The number of carbonyl (C=O) groups is 1. The molecule has 0 aromatic carbocycles. The highest BCUT2D eigenvalue weighted by Gasteiger charge is 2.34. The van der Waals surface area contributed by atoms with Crippen LogP contribution < -0.4 is 5.32 Å². The summed E-state index contributed by atoms with van der Waals surface area (Å²) in [6.07, 6.45) is 1.67. The van der Waals surface area contributed by atoms with Crippen LogP contribution in [-0.2, 0) is 14.3 Å². The molecule has 126 valence electrons. The molecule has 0 aromatic heterocycles. The minimum atomic E-state index is -0.0526. The number of nitrogens with zero attached hydrogens (tertiary/aromatic N) is 2. The lowest BCUT2D eigenvalue weighted by Crippen LogP contribution is -2.48. The second kappa shape index (κ2) is 7.81. The summed E-state index contributed by atoms with van der Waals surface area (Å²) in [6.45, 7) is 11.5. The first-order valence-corrected chi connectivity index (χ1v) is 8.35. The number of rotatable bonds is 5. The normalized spacial score (nSPS) is 22.1. The van der Waals surface area contributed by atoms with Gasteiger partial charge in [-0.1, -0.05) is 6.92 Å². The highest BCUT2D eigenvalue weighted by molar-refractivity contribution is 5.80. The van der Waals surface area contributed by atoms with Gasteiger partial charge >= 0.3 is 5.97 Å². The number of esters is 1. The Morgan fingerprint density at radius 2 is 2.05 bits per heavy atom. The van der Waals surface area contributed by atoms with Crippen LogP contribution in [-0.4, -0.2) is 62.8 Å². The van der Waals surface area contributed by atoms with Crippen LogP contribution >= 0.6 is 0 Å². The summed E-state index contributed by atoms with van der Waals surface area (Å²) in [5, 5.41) is 3.36.